The van der Waals surface area contributed by atoms with E-state index in [9.17, 15) is 14.7 Å². The SMILES string of the molecule is Cc1ccc2nc(-c3ccc(NC=O)cc3)cc(C(=O)O)c2c1. The number of nitrogens with zero attached hydrogens (tertiary/aromatic N) is 1. The zero-order valence-electron chi connectivity index (χ0n) is 12.4. The van der Waals surface area contributed by atoms with Crippen LogP contribution >= 0.6 is 0 Å². The third kappa shape index (κ3) is 2.89. The van der Waals surface area contributed by atoms with Crippen molar-refractivity contribution < 1.29 is 14.7 Å². The molecule has 2 aromatic carbocycles. The number of hydrogen-bond donors (Lipinski definition) is 2. The third-order valence-electron chi connectivity index (χ3n) is 3.60. The van der Waals surface area contributed by atoms with Gasteiger partial charge in [-0.05, 0) is 37.3 Å². The first-order chi connectivity index (χ1) is 11.1. The number of carboxylic acids is 1. The zero-order chi connectivity index (χ0) is 16.4. The molecule has 5 nitrogen and oxygen atoms in total. The summed E-state index contributed by atoms with van der Waals surface area (Å²) >= 11 is 0. The van der Waals surface area contributed by atoms with Crippen molar-refractivity contribution in [1.82, 2.24) is 4.98 Å². The second-order valence-corrected chi connectivity index (χ2v) is 5.22. The van der Waals surface area contributed by atoms with Crippen LogP contribution in [0.25, 0.3) is 22.2 Å². The van der Waals surface area contributed by atoms with Crippen LogP contribution in [-0.2, 0) is 4.79 Å². The average Bonchev–Trinajstić information content (AvgIpc) is 2.55. The van der Waals surface area contributed by atoms with Crippen molar-refractivity contribution in [2.75, 3.05) is 5.32 Å². The maximum absolute atomic E-state index is 11.6. The number of pyridine rings is 1. The van der Waals surface area contributed by atoms with Gasteiger partial charge in [0.1, 0.15) is 0 Å². The fraction of sp³-hybridized carbons (Fsp3) is 0.0556. The standard InChI is InChI=1S/C18H14N2O3/c1-11-2-7-16-14(8-11)15(18(22)23)9-17(20-16)12-3-5-13(6-4-12)19-10-21/h2-10H,1H3,(H,19,21)(H,22,23). The largest absolute Gasteiger partial charge is 0.478 e. The van der Waals surface area contributed by atoms with E-state index in [-0.39, 0.29) is 5.56 Å². The van der Waals surface area contributed by atoms with Crippen LogP contribution in [0.5, 0.6) is 0 Å². The quantitative estimate of drug-likeness (QED) is 0.723. The van der Waals surface area contributed by atoms with Crippen molar-refractivity contribution in [3.05, 3.63) is 59.7 Å². The Morgan fingerprint density at radius 1 is 1.13 bits per heavy atom. The highest BCUT2D eigenvalue weighted by Crippen LogP contribution is 2.26. The molecule has 5 heteroatoms. The van der Waals surface area contributed by atoms with Gasteiger partial charge in [-0.15, -0.1) is 0 Å². The number of benzene rings is 2. The number of nitrogens with one attached hydrogen (secondary N) is 1. The van der Waals surface area contributed by atoms with Gasteiger partial charge in [0.25, 0.3) is 0 Å². The average molecular weight is 306 g/mol. The van der Waals surface area contributed by atoms with Gasteiger partial charge in [0.2, 0.25) is 6.41 Å². The highest BCUT2D eigenvalue weighted by Gasteiger charge is 2.13. The van der Waals surface area contributed by atoms with E-state index in [0.29, 0.717) is 28.7 Å². The predicted molar refractivity (Wildman–Crippen MR) is 88.6 cm³/mol. The first kappa shape index (κ1) is 14.7. The van der Waals surface area contributed by atoms with Gasteiger partial charge in [-0.2, -0.15) is 0 Å². The molecule has 1 heterocycles. The molecule has 0 atom stereocenters. The lowest BCUT2D eigenvalue weighted by molar-refractivity contribution is -0.105. The smallest absolute Gasteiger partial charge is 0.336 e. The molecular weight excluding hydrogens is 292 g/mol. The summed E-state index contributed by atoms with van der Waals surface area (Å²) in [5.74, 6) is -0.983. The molecule has 0 radical (unpaired) electrons. The zero-order valence-corrected chi connectivity index (χ0v) is 12.4. The number of carbonyl (C=O) groups is 2. The normalized spacial score (nSPS) is 10.5. The molecule has 2 N–H and O–H groups in total. The van der Waals surface area contributed by atoms with Gasteiger partial charge in [0.05, 0.1) is 16.8 Å². The molecule has 23 heavy (non-hydrogen) atoms. The molecule has 3 aromatic rings. The van der Waals surface area contributed by atoms with E-state index >= 15 is 0 Å². The molecule has 0 aliphatic rings. The summed E-state index contributed by atoms with van der Waals surface area (Å²) in [6.07, 6.45) is 0.605. The number of fused-ring (bicyclic) bond motifs is 1. The molecule has 0 unspecified atom stereocenters. The summed E-state index contributed by atoms with van der Waals surface area (Å²) in [5.41, 5.74) is 3.88. The van der Waals surface area contributed by atoms with Crippen LogP contribution in [0.1, 0.15) is 15.9 Å². The fourth-order valence-corrected chi connectivity index (χ4v) is 2.47. The van der Waals surface area contributed by atoms with Gasteiger partial charge >= 0.3 is 5.97 Å². The van der Waals surface area contributed by atoms with E-state index < -0.39 is 5.97 Å². The molecule has 3 rings (SSSR count). The number of amides is 1. The van der Waals surface area contributed by atoms with Gasteiger partial charge in [-0.3, -0.25) is 4.79 Å². The van der Waals surface area contributed by atoms with Crippen molar-refractivity contribution in [1.29, 1.82) is 0 Å². The topological polar surface area (TPSA) is 79.3 Å². The number of carbonyl (C=O) groups excluding carboxylic acids is 1. The maximum Gasteiger partial charge on any atom is 0.336 e. The minimum atomic E-state index is -0.983. The van der Waals surface area contributed by atoms with Gasteiger partial charge in [0.15, 0.2) is 0 Å². The minimum absolute atomic E-state index is 0.226. The molecular formula is C18H14N2O3. The van der Waals surface area contributed by atoms with Crippen LogP contribution in [0.4, 0.5) is 5.69 Å². The molecule has 0 fully saturated rings. The van der Waals surface area contributed by atoms with Gasteiger partial charge in [0, 0.05) is 16.6 Å². The molecule has 0 bridgehead atoms. The summed E-state index contributed by atoms with van der Waals surface area (Å²) in [5, 5.41) is 12.7. The van der Waals surface area contributed by atoms with Crippen molar-refractivity contribution in [3.63, 3.8) is 0 Å². The van der Waals surface area contributed by atoms with Crippen molar-refractivity contribution in [2.45, 2.75) is 6.92 Å². The van der Waals surface area contributed by atoms with Crippen molar-refractivity contribution in [2.24, 2.45) is 0 Å². The third-order valence-corrected chi connectivity index (χ3v) is 3.60. The molecule has 114 valence electrons. The number of hydrogen-bond acceptors (Lipinski definition) is 3. The van der Waals surface area contributed by atoms with E-state index in [0.717, 1.165) is 11.1 Å². The summed E-state index contributed by atoms with van der Waals surface area (Å²) in [4.78, 5) is 26.6. The lowest BCUT2D eigenvalue weighted by atomic mass is 10.0. The highest BCUT2D eigenvalue weighted by atomic mass is 16.4. The summed E-state index contributed by atoms with van der Waals surface area (Å²) in [6, 6.07) is 14.2. The highest BCUT2D eigenvalue weighted by molar-refractivity contribution is 6.04. The summed E-state index contributed by atoms with van der Waals surface area (Å²) < 4.78 is 0. The van der Waals surface area contributed by atoms with Crippen molar-refractivity contribution in [3.8, 4) is 11.3 Å². The van der Waals surface area contributed by atoms with E-state index in [1.54, 1.807) is 30.3 Å². The molecule has 1 amide bonds. The molecule has 0 aliphatic carbocycles. The molecule has 1 aromatic heterocycles. The second-order valence-electron chi connectivity index (χ2n) is 5.22. The first-order valence-corrected chi connectivity index (χ1v) is 7.04. The Kier molecular flexibility index (Phi) is 3.76. The van der Waals surface area contributed by atoms with Crippen LogP contribution in [0.3, 0.4) is 0 Å². The van der Waals surface area contributed by atoms with Crippen LogP contribution in [0, 0.1) is 6.92 Å². The number of rotatable bonds is 4. The molecule has 0 saturated heterocycles. The van der Waals surface area contributed by atoms with E-state index in [2.05, 4.69) is 10.3 Å². The Labute approximate surface area is 132 Å². The predicted octanol–water partition coefficient (Wildman–Crippen LogP) is 3.48. The monoisotopic (exact) mass is 306 g/mol. The van der Waals surface area contributed by atoms with E-state index in [1.807, 2.05) is 25.1 Å². The maximum atomic E-state index is 11.6. The Bertz CT molecular complexity index is 902. The lowest BCUT2D eigenvalue weighted by Gasteiger charge is -2.08. The van der Waals surface area contributed by atoms with Crippen LogP contribution in [0.2, 0.25) is 0 Å². The molecule has 0 aliphatic heterocycles. The summed E-state index contributed by atoms with van der Waals surface area (Å²) in [7, 11) is 0. The Morgan fingerprint density at radius 3 is 2.52 bits per heavy atom. The van der Waals surface area contributed by atoms with Crippen molar-refractivity contribution >= 4 is 29.0 Å². The fourth-order valence-electron chi connectivity index (χ4n) is 2.47. The number of carboxylic acid groups (broad SMARTS) is 1. The Hall–Kier alpha value is -3.21. The van der Waals surface area contributed by atoms with Gasteiger partial charge in [-0.25, -0.2) is 9.78 Å². The van der Waals surface area contributed by atoms with Crippen LogP contribution in [-0.4, -0.2) is 22.5 Å². The molecule has 0 spiro atoms. The van der Waals surface area contributed by atoms with Gasteiger partial charge < -0.3 is 10.4 Å². The minimum Gasteiger partial charge on any atom is -0.478 e. The van der Waals surface area contributed by atoms with Crippen LogP contribution in [0.15, 0.2) is 48.5 Å². The number of aryl methyl sites for hydroxylation is 1. The van der Waals surface area contributed by atoms with E-state index in [4.69, 9.17) is 0 Å². The lowest BCUT2D eigenvalue weighted by Crippen LogP contribution is -2.00. The number of anilines is 1. The Balaban J connectivity index is 2.16. The number of aromatic nitrogens is 1. The Morgan fingerprint density at radius 2 is 1.87 bits per heavy atom. The van der Waals surface area contributed by atoms with Crippen LogP contribution < -0.4 is 5.32 Å². The first-order valence-electron chi connectivity index (χ1n) is 7.04. The second kappa shape index (κ2) is 5.88. The number of aromatic carboxylic acids is 1. The molecule has 0 saturated carbocycles. The van der Waals surface area contributed by atoms with Gasteiger partial charge in [-0.1, -0.05) is 23.8 Å². The summed E-state index contributed by atoms with van der Waals surface area (Å²) in [6.45, 7) is 1.91. The van der Waals surface area contributed by atoms with E-state index in [1.165, 1.54) is 0 Å².